The van der Waals surface area contributed by atoms with Crippen LogP contribution in [0.15, 0.2) is 21.1 Å². The number of halogens is 2. The molecule has 18 heavy (non-hydrogen) atoms. The lowest BCUT2D eigenvalue weighted by Crippen LogP contribution is -2.27. The molecule has 0 saturated heterocycles. The third kappa shape index (κ3) is 3.99. The Balaban J connectivity index is 1.84. The smallest absolute Gasteiger partial charge is 0.221 e. The Kier molecular flexibility index (Phi) is 4.67. The van der Waals surface area contributed by atoms with Crippen LogP contribution in [-0.4, -0.2) is 18.5 Å². The second-order valence-corrected chi connectivity index (χ2v) is 6.33. The van der Waals surface area contributed by atoms with Crippen LogP contribution in [-0.2, 0) is 4.79 Å². The molecule has 2 N–H and O–H groups in total. The van der Waals surface area contributed by atoms with Crippen LogP contribution in [0.1, 0.15) is 24.8 Å². The summed E-state index contributed by atoms with van der Waals surface area (Å²) in [4.78, 5) is 11.5. The predicted octanol–water partition coefficient (Wildman–Crippen LogP) is 3.60. The van der Waals surface area contributed by atoms with Gasteiger partial charge in [0.05, 0.1) is 5.69 Å². The Morgan fingerprint density at radius 2 is 1.94 bits per heavy atom. The first-order chi connectivity index (χ1) is 8.56. The zero-order valence-electron chi connectivity index (χ0n) is 10.2. The quantitative estimate of drug-likeness (QED) is 0.825. The van der Waals surface area contributed by atoms with E-state index in [-0.39, 0.29) is 5.91 Å². The highest BCUT2D eigenvalue weighted by Gasteiger charge is 2.22. The minimum Gasteiger partial charge on any atom is -0.383 e. The summed E-state index contributed by atoms with van der Waals surface area (Å²) in [6.07, 6.45) is 2.77. The summed E-state index contributed by atoms with van der Waals surface area (Å²) in [5, 5.41) is 6.25. The van der Waals surface area contributed by atoms with Gasteiger partial charge in [0.1, 0.15) is 0 Å². The van der Waals surface area contributed by atoms with E-state index < -0.39 is 0 Å². The number of hydrogen-bond acceptors (Lipinski definition) is 2. The van der Waals surface area contributed by atoms with E-state index in [2.05, 4.69) is 54.6 Å². The largest absolute Gasteiger partial charge is 0.383 e. The molecule has 1 aliphatic carbocycles. The third-order valence-corrected chi connectivity index (χ3v) is 4.03. The molecule has 0 spiro atoms. The molecule has 98 valence electrons. The number of benzene rings is 1. The first-order valence-corrected chi connectivity index (χ1v) is 7.64. The van der Waals surface area contributed by atoms with Crippen LogP contribution in [0.25, 0.3) is 0 Å². The summed E-state index contributed by atoms with van der Waals surface area (Å²) in [6.45, 7) is 2.68. The van der Waals surface area contributed by atoms with Crippen molar-refractivity contribution in [3.05, 3.63) is 26.6 Å². The van der Waals surface area contributed by atoms with Crippen LogP contribution in [0.4, 0.5) is 5.69 Å². The minimum absolute atomic E-state index is 0.129. The van der Waals surface area contributed by atoms with Crippen LogP contribution in [0, 0.1) is 6.92 Å². The number of nitrogens with one attached hydrogen (secondary N) is 2. The van der Waals surface area contributed by atoms with Gasteiger partial charge in [0.25, 0.3) is 0 Å². The van der Waals surface area contributed by atoms with Gasteiger partial charge in [-0.1, -0.05) is 0 Å². The molecule has 1 fully saturated rings. The molecule has 0 aromatic heterocycles. The topological polar surface area (TPSA) is 41.1 Å². The SMILES string of the molecule is Cc1cc(Br)c(NCCC(=O)NC2CC2)c(Br)c1. The summed E-state index contributed by atoms with van der Waals surface area (Å²) in [7, 11) is 0. The fraction of sp³-hybridized carbons (Fsp3) is 0.462. The zero-order chi connectivity index (χ0) is 13.1. The molecule has 3 nitrogen and oxygen atoms in total. The Bertz CT molecular complexity index is 435. The van der Waals surface area contributed by atoms with Crippen molar-refractivity contribution in [3.8, 4) is 0 Å². The van der Waals surface area contributed by atoms with E-state index in [4.69, 9.17) is 0 Å². The highest BCUT2D eigenvalue weighted by molar-refractivity contribution is 9.11. The normalized spacial score (nSPS) is 14.4. The number of carbonyl (C=O) groups excluding carboxylic acids is 1. The van der Waals surface area contributed by atoms with Gasteiger partial charge in [0.15, 0.2) is 0 Å². The van der Waals surface area contributed by atoms with Gasteiger partial charge in [0.2, 0.25) is 5.91 Å². The van der Waals surface area contributed by atoms with Crippen molar-refractivity contribution in [2.24, 2.45) is 0 Å². The van der Waals surface area contributed by atoms with E-state index in [0.29, 0.717) is 19.0 Å². The van der Waals surface area contributed by atoms with Gasteiger partial charge in [-0.3, -0.25) is 4.79 Å². The van der Waals surface area contributed by atoms with Crippen molar-refractivity contribution < 1.29 is 4.79 Å². The van der Waals surface area contributed by atoms with Crippen molar-refractivity contribution in [2.75, 3.05) is 11.9 Å². The van der Waals surface area contributed by atoms with Crippen LogP contribution in [0.3, 0.4) is 0 Å². The van der Waals surface area contributed by atoms with E-state index in [0.717, 1.165) is 27.5 Å². The summed E-state index contributed by atoms with van der Waals surface area (Å²) < 4.78 is 2.02. The number of hydrogen-bond donors (Lipinski definition) is 2. The van der Waals surface area contributed by atoms with E-state index in [1.54, 1.807) is 0 Å². The van der Waals surface area contributed by atoms with E-state index in [1.165, 1.54) is 5.56 Å². The second-order valence-electron chi connectivity index (χ2n) is 4.62. The van der Waals surface area contributed by atoms with E-state index >= 15 is 0 Å². The highest BCUT2D eigenvalue weighted by Crippen LogP contribution is 2.32. The molecular formula is C13H16Br2N2O. The second kappa shape index (κ2) is 6.06. The first-order valence-electron chi connectivity index (χ1n) is 6.05. The average Bonchev–Trinajstić information content (AvgIpc) is 3.05. The van der Waals surface area contributed by atoms with E-state index in [9.17, 15) is 4.79 Å². The summed E-state index contributed by atoms with van der Waals surface area (Å²) >= 11 is 7.04. The molecule has 5 heteroatoms. The fourth-order valence-electron chi connectivity index (χ4n) is 1.70. The molecule has 0 radical (unpaired) electrons. The number of carbonyl (C=O) groups is 1. The molecule has 0 aliphatic heterocycles. The van der Waals surface area contributed by atoms with Crippen LogP contribution < -0.4 is 10.6 Å². The summed E-state index contributed by atoms with van der Waals surface area (Å²) in [5.74, 6) is 0.129. The number of aryl methyl sites for hydroxylation is 1. The summed E-state index contributed by atoms with van der Waals surface area (Å²) in [5.41, 5.74) is 2.19. The van der Waals surface area contributed by atoms with Gasteiger partial charge < -0.3 is 10.6 Å². The monoisotopic (exact) mass is 374 g/mol. The van der Waals surface area contributed by atoms with Crippen LogP contribution in [0.2, 0.25) is 0 Å². The average molecular weight is 376 g/mol. The number of rotatable bonds is 5. The molecular weight excluding hydrogens is 360 g/mol. The van der Waals surface area contributed by atoms with Gasteiger partial charge in [-0.25, -0.2) is 0 Å². The van der Waals surface area contributed by atoms with Crippen molar-refractivity contribution in [2.45, 2.75) is 32.2 Å². The van der Waals surface area contributed by atoms with Crippen LogP contribution in [0.5, 0.6) is 0 Å². The minimum atomic E-state index is 0.129. The molecule has 0 atom stereocenters. The standard InChI is InChI=1S/C13H16Br2N2O/c1-8-6-10(14)13(11(15)7-8)16-5-4-12(18)17-9-2-3-9/h6-7,9,16H,2-5H2,1H3,(H,17,18). The lowest BCUT2D eigenvalue weighted by molar-refractivity contribution is -0.120. The summed E-state index contributed by atoms with van der Waals surface area (Å²) in [6, 6.07) is 4.55. The van der Waals surface area contributed by atoms with Gasteiger partial charge in [-0.2, -0.15) is 0 Å². The van der Waals surface area contributed by atoms with Crippen molar-refractivity contribution >= 4 is 43.5 Å². The molecule has 1 aliphatic rings. The molecule has 2 rings (SSSR count). The van der Waals surface area contributed by atoms with Gasteiger partial charge >= 0.3 is 0 Å². The zero-order valence-corrected chi connectivity index (χ0v) is 13.4. The molecule has 1 saturated carbocycles. The van der Waals surface area contributed by atoms with Crippen LogP contribution >= 0.6 is 31.9 Å². The molecule has 1 aromatic rings. The van der Waals surface area contributed by atoms with E-state index in [1.807, 2.05) is 6.92 Å². The molecule has 1 aromatic carbocycles. The van der Waals surface area contributed by atoms with Gasteiger partial charge in [-0.15, -0.1) is 0 Å². The third-order valence-electron chi connectivity index (χ3n) is 2.78. The Morgan fingerprint density at radius 3 is 2.50 bits per heavy atom. The van der Waals surface area contributed by atoms with Gasteiger partial charge in [-0.05, 0) is 69.3 Å². The lowest BCUT2D eigenvalue weighted by atomic mass is 10.2. The highest BCUT2D eigenvalue weighted by atomic mass is 79.9. The molecule has 0 bridgehead atoms. The van der Waals surface area contributed by atoms with Crippen molar-refractivity contribution in [1.29, 1.82) is 0 Å². The molecule has 0 heterocycles. The molecule has 0 unspecified atom stereocenters. The maximum Gasteiger partial charge on any atom is 0.221 e. The Morgan fingerprint density at radius 1 is 1.33 bits per heavy atom. The maximum atomic E-state index is 11.5. The first kappa shape index (κ1) is 13.9. The van der Waals surface area contributed by atoms with Gasteiger partial charge in [0, 0.05) is 28.0 Å². The number of amides is 1. The Hall–Kier alpha value is -0.550. The Labute approximate surface area is 124 Å². The fourth-order valence-corrected chi connectivity index (χ4v) is 3.39. The van der Waals surface area contributed by atoms with Crippen molar-refractivity contribution in [3.63, 3.8) is 0 Å². The van der Waals surface area contributed by atoms with Crippen molar-refractivity contribution in [1.82, 2.24) is 5.32 Å². The predicted molar refractivity (Wildman–Crippen MR) is 80.9 cm³/mol. The lowest BCUT2D eigenvalue weighted by Gasteiger charge is -2.11. The molecule has 1 amide bonds. The maximum absolute atomic E-state index is 11.5. The number of anilines is 1.